The van der Waals surface area contributed by atoms with Crippen LogP contribution in [0.5, 0.6) is 17.2 Å². The van der Waals surface area contributed by atoms with E-state index in [4.69, 9.17) is 19.9 Å². The Balaban J connectivity index is 2.04. The van der Waals surface area contributed by atoms with Crippen LogP contribution in [0.2, 0.25) is 0 Å². The first-order valence-corrected chi connectivity index (χ1v) is 8.00. The molecule has 0 bridgehead atoms. The summed E-state index contributed by atoms with van der Waals surface area (Å²) in [7, 11) is 4.79. The maximum absolute atomic E-state index is 5.94. The summed E-state index contributed by atoms with van der Waals surface area (Å²) < 4.78 is 16.2. The third kappa shape index (κ3) is 4.79. The number of benzene rings is 2. The molecule has 6 heteroatoms. The van der Waals surface area contributed by atoms with Crippen molar-refractivity contribution in [1.82, 2.24) is 0 Å². The summed E-state index contributed by atoms with van der Waals surface area (Å²) in [4.78, 5) is 4.37. The van der Waals surface area contributed by atoms with Crippen molar-refractivity contribution >= 4 is 11.6 Å². The number of aryl methyl sites for hydroxylation is 1. The molecule has 0 spiro atoms. The summed E-state index contributed by atoms with van der Waals surface area (Å²) in [6, 6.07) is 11.8. The zero-order chi connectivity index (χ0) is 18.2. The van der Waals surface area contributed by atoms with E-state index in [-0.39, 0.29) is 0 Å². The van der Waals surface area contributed by atoms with Crippen molar-refractivity contribution in [3.05, 3.63) is 47.5 Å². The van der Waals surface area contributed by atoms with Crippen molar-refractivity contribution in [2.75, 3.05) is 33.2 Å². The molecule has 0 aliphatic rings. The molecule has 0 saturated carbocycles. The molecule has 0 radical (unpaired) electrons. The van der Waals surface area contributed by atoms with Crippen LogP contribution in [0.1, 0.15) is 11.1 Å². The summed E-state index contributed by atoms with van der Waals surface area (Å²) in [5.41, 5.74) is 9.03. The fraction of sp³-hybridized carbons (Fsp3) is 0.316. The number of guanidine groups is 1. The molecule has 2 aromatic rings. The molecule has 25 heavy (non-hydrogen) atoms. The van der Waals surface area contributed by atoms with Crippen molar-refractivity contribution in [2.45, 2.75) is 13.3 Å². The first-order valence-electron chi connectivity index (χ1n) is 8.00. The molecule has 0 saturated heterocycles. The molecule has 0 aromatic heterocycles. The quantitative estimate of drug-likeness (QED) is 0.597. The van der Waals surface area contributed by atoms with E-state index in [1.807, 2.05) is 43.3 Å². The maximum atomic E-state index is 5.94. The lowest BCUT2D eigenvalue weighted by molar-refractivity contribution is 0.322. The smallest absolute Gasteiger partial charge is 0.203 e. The van der Waals surface area contributed by atoms with E-state index in [0.29, 0.717) is 36.2 Å². The second-order valence-electron chi connectivity index (χ2n) is 5.50. The van der Waals surface area contributed by atoms with Gasteiger partial charge in [0.05, 0.1) is 21.3 Å². The molecule has 0 aliphatic carbocycles. The Morgan fingerprint density at radius 3 is 2.24 bits per heavy atom. The van der Waals surface area contributed by atoms with Gasteiger partial charge < -0.3 is 25.3 Å². The van der Waals surface area contributed by atoms with Gasteiger partial charge in [0.25, 0.3) is 0 Å². The molecule has 0 fully saturated rings. The highest BCUT2D eigenvalue weighted by Gasteiger charge is 2.15. The predicted molar refractivity (Wildman–Crippen MR) is 101 cm³/mol. The second-order valence-corrected chi connectivity index (χ2v) is 5.50. The number of aliphatic imine (C=N–C) groups is 1. The van der Waals surface area contributed by atoms with Gasteiger partial charge >= 0.3 is 0 Å². The van der Waals surface area contributed by atoms with Crippen molar-refractivity contribution in [3.63, 3.8) is 0 Å². The Hall–Kier alpha value is -2.89. The number of anilines is 1. The topological polar surface area (TPSA) is 78.1 Å². The van der Waals surface area contributed by atoms with Gasteiger partial charge in [0.2, 0.25) is 5.75 Å². The largest absolute Gasteiger partial charge is 0.493 e. The first kappa shape index (κ1) is 18.4. The first-order chi connectivity index (χ1) is 12.1. The van der Waals surface area contributed by atoms with Gasteiger partial charge in [-0.3, -0.25) is 4.99 Å². The Kier molecular flexibility index (Phi) is 6.51. The van der Waals surface area contributed by atoms with Crippen LogP contribution in [0.3, 0.4) is 0 Å². The van der Waals surface area contributed by atoms with E-state index in [1.54, 1.807) is 21.3 Å². The highest BCUT2D eigenvalue weighted by molar-refractivity contribution is 5.92. The van der Waals surface area contributed by atoms with Crippen LogP contribution in [0.15, 0.2) is 41.4 Å². The minimum atomic E-state index is 0.378. The highest BCUT2D eigenvalue weighted by Crippen LogP contribution is 2.39. The summed E-state index contributed by atoms with van der Waals surface area (Å²) in [6.07, 6.45) is 0.666. The third-order valence-electron chi connectivity index (χ3n) is 3.77. The van der Waals surface area contributed by atoms with Gasteiger partial charge in [0, 0.05) is 17.8 Å². The SMILES string of the molecule is COc1ccc(CCN=C(N)Nc2ccc(C)cc2)c(OC)c1OC. The molecule has 0 amide bonds. The lowest BCUT2D eigenvalue weighted by atomic mass is 10.1. The van der Waals surface area contributed by atoms with E-state index in [9.17, 15) is 0 Å². The Morgan fingerprint density at radius 1 is 0.960 bits per heavy atom. The van der Waals surface area contributed by atoms with Gasteiger partial charge in [-0.1, -0.05) is 23.8 Å². The number of hydrogen-bond donors (Lipinski definition) is 2. The van der Waals surface area contributed by atoms with Gasteiger partial charge in [-0.15, -0.1) is 0 Å². The van der Waals surface area contributed by atoms with Crippen LogP contribution in [0.25, 0.3) is 0 Å². The summed E-state index contributed by atoms with van der Waals surface area (Å²) >= 11 is 0. The minimum Gasteiger partial charge on any atom is -0.493 e. The molecule has 0 aliphatic heterocycles. The molecule has 2 aromatic carbocycles. The van der Waals surface area contributed by atoms with Crippen LogP contribution in [0.4, 0.5) is 5.69 Å². The Morgan fingerprint density at radius 2 is 1.64 bits per heavy atom. The van der Waals surface area contributed by atoms with E-state index in [2.05, 4.69) is 10.3 Å². The predicted octanol–water partition coefficient (Wildman–Crippen LogP) is 2.99. The summed E-state index contributed by atoms with van der Waals surface area (Å²) in [5, 5.41) is 3.08. The maximum Gasteiger partial charge on any atom is 0.203 e. The lowest BCUT2D eigenvalue weighted by Gasteiger charge is -2.15. The standard InChI is InChI=1S/C19H25N3O3/c1-13-5-8-15(9-6-13)22-19(20)21-12-11-14-7-10-16(23-2)18(25-4)17(14)24-3/h5-10H,11-12H2,1-4H3,(H3,20,21,22). The van der Waals surface area contributed by atoms with Gasteiger partial charge in [0.1, 0.15) is 0 Å². The molecule has 0 heterocycles. The number of ether oxygens (including phenoxy) is 3. The zero-order valence-corrected chi connectivity index (χ0v) is 15.1. The zero-order valence-electron chi connectivity index (χ0n) is 15.1. The van der Waals surface area contributed by atoms with E-state index < -0.39 is 0 Å². The molecule has 134 valence electrons. The van der Waals surface area contributed by atoms with Gasteiger partial charge in [-0.05, 0) is 31.5 Å². The van der Waals surface area contributed by atoms with Crippen LogP contribution in [-0.2, 0) is 6.42 Å². The van der Waals surface area contributed by atoms with Crippen molar-refractivity contribution in [2.24, 2.45) is 10.7 Å². The lowest BCUT2D eigenvalue weighted by Crippen LogP contribution is -2.23. The number of hydrogen-bond acceptors (Lipinski definition) is 4. The number of nitrogens with two attached hydrogens (primary N) is 1. The number of rotatable bonds is 7. The second kappa shape index (κ2) is 8.82. The Labute approximate surface area is 148 Å². The summed E-state index contributed by atoms with van der Waals surface area (Å²) in [5.74, 6) is 2.25. The average molecular weight is 343 g/mol. The van der Waals surface area contributed by atoms with Crippen LogP contribution >= 0.6 is 0 Å². The normalized spacial score (nSPS) is 11.1. The van der Waals surface area contributed by atoms with E-state index in [0.717, 1.165) is 11.3 Å². The monoisotopic (exact) mass is 343 g/mol. The van der Waals surface area contributed by atoms with E-state index in [1.165, 1.54) is 5.56 Å². The minimum absolute atomic E-state index is 0.378. The van der Waals surface area contributed by atoms with Crippen molar-refractivity contribution < 1.29 is 14.2 Å². The molecular formula is C19H25N3O3. The molecule has 3 N–H and O–H groups in total. The van der Waals surface area contributed by atoms with Gasteiger partial charge in [-0.25, -0.2) is 0 Å². The molecule has 6 nitrogen and oxygen atoms in total. The van der Waals surface area contributed by atoms with Gasteiger partial charge in [0.15, 0.2) is 17.5 Å². The molecule has 0 unspecified atom stereocenters. The van der Waals surface area contributed by atoms with E-state index >= 15 is 0 Å². The summed E-state index contributed by atoms with van der Waals surface area (Å²) in [6.45, 7) is 2.56. The average Bonchev–Trinajstić information content (AvgIpc) is 2.62. The van der Waals surface area contributed by atoms with Crippen molar-refractivity contribution in [1.29, 1.82) is 0 Å². The number of methoxy groups -OCH3 is 3. The third-order valence-corrected chi connectivity index (χ3v) is 3.77. The van der Waals surface area contributed by atoms with Gasteiger partial charge in [-0.2, -0.15) is 0 Å². The fourth-order valence-corrected chi connectivity index (χ4v) is 2.48. The molecule has 2 rings (SSSR count). The highest BCUT2D eigenvalue weighted by atomic mass is 16.5. The van der Waals surface area contributed by atoms with Crippen molar-refractivity contribution in [3.8, 4) is 17.2 Å². The fourth-order valence-electron chi connectivity index (χ4n) is 2.48. The van der Waals surface area contributed by atoms with Crippen LogP contribution < -0.4 is 25.3 Å². The number of nitrogens with zero attached hydrogens (tertiary/aromatic N) is 1. The molecular weight excluding hydrogens is 318 g/mol. The van der Waals surface area contributed by atoms with Crippen LogP contribution in [0, 0.1) is 6.92 Å². The van der Waals surface area contributed by atoms with Crippen LogP contribution in [-0.4, -0.2) is 33.8 Å². The number of nitrogens with one attached hydrogen (secondary N) is 1. The molecule has 0 atom stereocenters. The Bertz CT molecular complexity index is 727.